The van der Waals surface area contributed by atoms with Crippen LogP contribution >= 0.6 is 0 Å². The minimum Gasteiger partial charge on any atom is -0.398 e. The molecule has 2 aromatic carbocycles. The van der Waals surface area contributed by atoms with Crippen LogP contribution < -0.4 is 16.0 Å². The fourth-order valence-electron chi connectivity index (χ4n) is 4.65. The monoisotopic (exact) mass is 513 g/mol. The molecule has 0 aliphatic carbocycles. The number of anilines is 4. The Morgan fingerprint density at radius 1 is 1.05 bits per heavy atom. The van der Waals surface area contributed by atoms with Gasteiger partial charge in [0.15, 0.2) is 0 Å². The van der Waals surface area contributed by atoms with Crippen LogP contribution in [0.5, 0.6) is 0 Å². The van der Waals surface area contributed by atoms with E-state index in [4.69, 9.17) is 21.0 Å². The molecule has 4 rings (SSSR count). The van der Waals surface area contributed by atoms with Crippen LogP contribution in [-0.2, 0) is 4.84 Å². The molecule has 1 aliphatic rings. The number of nitrogens with one attached hydrogen (secondary N) is 2. The molecule has 0 bridgehead atoms. The number of para-hydroxylation sites is 1. The quantitative estimate of drug-likeness (QED) is 0.288. The standard InChI is InChI=1S/C30H39N7O/c1-21-9-6-11-24(28(32)23-10-7-12-26(31)25(23)20-33-5)29(21)35-22-13-14-27(34-19-22)36-15-8-16-37(18-17-36)38-30(2,3)4/h6-7,9-14,19-20,32,35H,8,15-18,31H2,1-5H3. The van der Waals surface area contributed by atoms with E-state index in [1.54, 1.807) is 13.3 Å². The van der Waals surface area contributed by atoms with Crippen molar-refractivity contribution in [1.82, 2.24) is 10.0 Å². The van der Waals surface area contributed by atoms with E-state index in [0.717, 1.165) is 72.0 Å². The number of nitrogens with two attached hydrogens (primary N) is 1. The molecule has 1 fully saturated rings. The third-order valence-electron chi connectivity index (χ3n) is 6.41. The predicted octanol–water partition coefficient (Wildman–Crippen LogP) is 5.42. The first-order valence-corrected chi connectivity index (χ1v) is 13.1. The number of rotatable bonds is 7. The normalized spacial score (nSPS) is 15.0. The SMILES string of the molecule is CN=Cc1c(N)cccc1C(=N)c1cccc(C)c1Nc1ccc(N2CCCN(OC(C)(C)C)CC2)nc1. The molecule has 2 heterocycles. The van der Waals surface area contributed by atoms with Crippen LogP contribution in [0.3, 0.4) is 0 Å². The molecule has 0 saturated carbocycles. The van der Waals surface area contributed by atoms with E-state index >= 15 is 0 Å². The highest BCUT2D eigenvalue weighted by Crippen LogP contribution is 2.29. The first kappa shape index (κ1) is 27.3. The van der Waals surface area contributed by atoms with Gasteiger partial charge in [-0.1, -0.05) is 30.3 Å². The number of nitrogens with zero attached hydrogens (tertiary/aromatic N) is 4. The molecular weight excluding hydrogens is 474 g/mol. The fraction of sp³-hybridized carbons (Fsp3) is 0.367. The topological polar surface area (TPSA) is 103 Å². The van der Waals surface area contributed by atoms with Crippen molar-refractivity contribution in [3.05, 3.63) is 77.0 Å². The summed E-state index contributed by atoms with van der Waals surface area (Å²) in [6.45, 7) is 11.8. The Labute approximate surface area is 226 Å². The van der Waals surface area contributed by atoms with Crippen LogP contribution in [0.15, 0.2) is 59.7 Å². The highest BCUT2D eigenvalue weighted by molar-refractivity contribution is 6.18. The van der Waals surface area contributed by atoms with Crippen molar-refractivity contribution in [2.45, 2.75) is 39.7 Å². The molecule has 38 heavy (non-hydrogen) atoms. The van der Waals surface area contributed by atoms with Crippen molar-refractivity contribution in [3.8, 4) is 0 Å². The summed E-state index contributed by atoms with van der Waals surface area (Å²) < 4.78 is 0. The molecule has 4 N–H and O–H groups in total. The largest absolute Gasteiger partial charge is 0.398 e. The van der Waals surface area contributed by atoms with Crippen molar-refractivity contribution < 1.29 is 4.84 Å². The Morgan fingerprint density at radius 2 is 1.82 bits per heavy atom. The predicted molar refractivity (Wildman–Crippen MR) is 158 cm³/mol. The summed E-state index contributed by atoms with van der Waals surface area (Å²) in [6, 6.07) is 15.7. The minimum absolute atomic E-state index is 0.191. The number of pyridine rings is 1. The van der Waals surface area contributed by atoms with Gasteiger partial charge in [-0.2, -0.15) is 5.06 Å². The maximum absolute atomic E-state index is 9.06. The second kappa shape index (κ2) is 11.8. The van der Waals surface area contributed by atoms with Gasteiger partial charge in [0.05, 0.1) is 28.9 Å². The summed E-state index contributed by atoms with van der Waals surface area (Å²) in [5.74, 6) is 0.953. The number of aromatic nitrogens is 1. The van der Waals surface area contributed by atoms with Gasteiger partial charge in [-0.15, -0.1) is 0 Å². The maximum Gasteiger partial charge on any atom is 0.128 e. The lowest BCUT2D eigenvalue weighted by molar-refractivity contribution is -0.225. The van der Waals surface area contributed by atoms with Crippen molar-refractivity contribution in [2.75, 3.05) is 49.2 Å². The number of aryl methyl sites for hydroxylation is 1. The van der Waals surface area contributed by atoms with Gasteiger partial charge in [-0.25, -0.2) is 4.98 Å². The molecular formula is C30H39N7O. The molecule has 3 aromatic rings. The Hall–Kier alpha value is -3.75. The third kappa shape index (κ3) is 6.57. The summed E-state index contributed by atoms with van der Waals surface area (Å²) in [4.78, 5) is 17.3. The molecule has 0 atom stereocenters. The van der Waals surface area contributed by atoms with E-state index in [-0.39, 0.29) is 5.60 Å². The van der Waals surface area contributed by atoms with Gasteiger partial charge in [-0.05, 0) is 57.9 Å². The highest BCUT2D eigenvalue weighted by Gasteiger charge is 2.21. The van der Waals surface area contributed by atoms with Crippen LogP contribution in [0, 0.1) is 12.3 Å². The molecule has 200 valence electrons. The molecule has 0 radical (unpaired) electrons. The lowest BCUT2D eigenvalue weighted by Crippen LogP contribution is -2.37. The smallest absolute Gasteiger partial charge is 0.128 e. The van der Waals surface area contributed by atoms with E-state index < -0.39 is 0 Å². The van der Waals surface area contributed by atoms with Crippen molar-refractivity contribution in [3.63, 3.8) is 0 Å². The molecule has 0 amide bonds. The molecule has 0 spiro atoms. The lowest BCUT2D eigenvalue weighted by Gasteiger charge is -2.29. The Bertz CT molecular complexity index is 1290. The van der Waals surface area contributed by atoms with Gasteiger partial charge in [0, 0.05) is 61.8 Å². The summed E-state index contributed by atoms with van der Waals surface area (Å²) in [6.07, 6.45) is 4.59. The summed E-state index contributed by atoms with van der Waals surface area (Å²) in [7, 11) is 1.71. The first-order valence-electron chi connectivity index (χ1n) is 13.1. The Morgan fingerprint density at radius 3 is 2.53 bits per heavy atom. The van der Waals surface area contributed by atoms with Crippen molar-refractivity contribution >= 4 is 34.8 Å². The van der Waals surface area contributed by atoms with Crippen LogP contribution in [-0.4, -0.2) is 60.8 Å². The average molecular weight is 514 g/mol. The van der Waals surface area contributed by atoms with Crippen LogP contribution in [0.25, 0.3) is 0 Å². The van der Waals surface area contributed by atoms with Gasteiger partial charge in [0.2, 0.25) is 0 Å². The zero-order valence-corrected chi connectivity index (χ0v) is 23.1. The van der Waals surface area contributed by atoms with Gasteiger partial charge in [0.1, 0.15) is 5.82 Å². The third-order valence-corrected chi connectivity index (χ3v) is 6.41. The van der Waals surface area contributed by atoms with Gasteiger partial charge in [-0.3, -0.25) is 15.2 Å². The van der Waals surface area contributed by atoms with Gasteiger partial charge >= 0.3 is 0 Å². The van der Waals surface area contributed by atoms with E-state index in [1.807, 2.05) is 55.6 Å². The first-order chi connectivity index (χ1) is 18.2. The molecule has 1 aromatic heterocycles. The highest BCUT2D eigenvalue weighted by atomic mass is 16.7. The number of aliphatic imine (C=N–C) groups is 1. The van der Waals surface area contributed by atoms with E-state index in [2.05, 4.69) is 47.1 Å². The minimum atomic E-state index is -0.191. The van der Waals surface area contributed by atoms with Crippen LogP contribution in [0.2, 0.25) is 0 Å². The lowest BCUT2D eigenvalue weighted by atomic mass is 9.94. The van der Waals surface area contributed by atoms with E-state index in [1.165, 1.54) is 0 Å². The average Bonchev–Trinajstić information content (AvgIpc) is 3.11. The van der Waals surface area contributed by atoms with E-state index in [0.29, 0.717) is 11.4 Å². The zero-order chi connectivity index (χ0) is 27.3. The Kier molecular flexibility index (Phi) is 8.44. The molecule has 8 heteroatoms. The van der Waals surface area contributed by atoms with Crippen LogP contribution in [0.1, 0.15) is 49.4 Å². The van der Waals surface area contributed by atoms with Crippen LogP contribution in [0.4, 0.5) is 22.9 Å². The van der Waals surface area contributed by atoms with Gasteiger partial charge < -0.3 is 16.0 Å². The maximum atomic E-state index is 9.06. The van der Waals surface area contributed by atoms with Gasteiger partial charge in [0.25, 0.3) is 0 Å². The molecule has 8 nitrogen and oxygen atoms in total. The number of hydrogen-bond donors (Lipinski definition) is 3. The second-order valence-electron chi connectivity index (χ2n) is 10.6. The number of hydroxylamine groups is 2. The summed E-state index contributed by atoms with van der Waals surface area (Å²) in [5, 5.41) is 14.6. The summed E-state index contributed by atoms with van der Waals surface area (Å²) >= 11 is 0. The van der Waals surface area contributed by atoms with E-state index in [9.17, 15) is 0 Å². The number of benzene rings is 2. The molecule has 0 unspecified atom stereocenters. The molecule has 1 saturated heterocycles. The second-order valence-corrected chi connectivity index (χ2v) is 10.6. The number of hydrogen-bond acceptors (Lipinski definition) is 8. The van der Waals surface area contributed by atoms with Crippen molar-refractivity contribution in [1.29, 1.82) is 5.41 Å². The summed E-state index contributed by atoms with van der Waals surface area (Å²) in [5.41, 5.74) is 12.1. The fourth-order valence-corrected chi connectivity index (χ4v) is 4.65. The number of nitrogen functional groups attached to an aromatic ring is 1. The zero-order valence-electron chi connectivity index (χ0n) is 23.1. The Balaban J connectivity index is 1.53. The van der Waals surface area contributed by atoms with Crippen molar-refractivity contribution in [2.24, 2.45) is 4.99 Å². The molecule has 1 aliphatic heterocycles.